The largest absolute Gasteiger partial charge is 0.381 e. The monoisotopic (exact) mass is 239 g/mol. The molecule has 0 saturated carbocycles. The van der Waals surface area contributed by atoms with E-state index in [0.29, 0.717) is 6.04 Å². The van der Waals surface area contributed by atoms with E-state index in [2.05, 4.69) is 15.3 Å². The molecule has 1 fully saturated rings. The van der Waals surface area contributed by atoms with Gasteiger partial charge in [-0.05, 0) is 12.8 Å². The quantitative estimate of drug-likeness (QED) is 0.620. The zero-order chi connectivity index (χ0) is 11.1. The number of rotatable bonds is 5. The van der Waals surface area contributed by atoms with E-state index in [-0.39, 0.29) is 0 Å². The van der Waals surface area contributed by atoms with Gasteiger partial charge in [0.1, 0.15) is 5.03 Å². The van der Waals surface area contributed by atoms with Crippen molar-refractivity contribution in [3.05, 3.63) is 18.6 Å². The zero-order valence-electron chi connectivity index (χ0n) is 9.26. The predicted octanol–water partition coefficient (Wildman–Crippen LogP) is 1.34. The van der Waals surface area contributed by atoms with Gasteiger partial charge >= 0.3 is 0 Å². The average Bonchev–Trinajstić information content (AvgIpc) is 2.37. The molecule has 1 aliphatic heterocycles. The smallest absolute Gasteiger partial charge is 0.114 e. The van der Waals surface area contributed by atoms with Crippen LogP contribution in [0.5, 0.6) is 0 Å². The summed E-state index contributed by atoms with van der Waals surface area (Å²) >= 11 is 1.74. The topological polar surface area (TPSA) is 47.0 Å². The van der Waals surface area contributed by atoms with Crippen LogP contribution in [-0.4, -0.2) is 41.5 Å². The second-order valence-electron chi connectivity index (χ2n) is 3.73. The first-order valence-corrected chi connectivity index (χ1v) is 6.63. The van der Waals surface area contributed by atoms with Crippen molar-refractivity contribution in [1.29, 1.82) is 0 Å². The Bertz CT molecular complexity index is 291. The van der Waals surface area contributed by atoms with Crippen LogP contribution in [0.25, 0.3) is 0 Å². The van der Waals surface area contributed by atoms with Gasteiger partial charge in [-0.15, -0.1) is 11.8 Å². The van der Waals surface area contributed by atoms with Gasteiger partial charge in [-0.1, -0.05) is 0 Å². The Balaban J connectivity index is 1.58. The summed E-state index contributed by atoms with van der Waals surface area (Å²) in [5.41, 5.74) is 0. The van der Waals surface area contributed by atoms with Crippen LogP contribution in [0.4, 0.5) is 0 Å². The highest BCUT2D eigenvalue weighted by Gasteiger charge is 2.12. The number of nitrogens with zero attached hydrogens (tertiary/aromatic N) is 2. The Hall–Kier alpha value is -0.650. The first-order valence-electron chi connectivity index (χ1n) is 5.65. The van der Waals surface area contributed by atoms with E-state index in [1.165, 1.54) is 0 Å². The maximum Gasteiger partial charge on any atom is 0.114 e. The molecule has 0 bridgehead atoms. The number of aromatic nitrogens is 2. The van der Waals surface area contributed by atoms with E-state index in [4.69, 9.17) is 4.74 Å². The summed E-state index contributed by atoms with van der Waals surface area (Å²) < 4.78 is 5.31. The molecule has 0 spiro atoms. The lowest BCUT2D eigenvalue weighted by molar-refractivity contribution is 0.0786. The van der Waals surface area contributed by atoms with E-state index in [9.17, 15) is 0 Å². The molecule has 1 aromatic heterocycles. The van der Waals surface area contributed by atoms with Gasteiger partial charge in [0, 0.05) is 43.9 Å². The third-order valence-electron chi connectivity index (χ3n) is 2.55. The molecule has 4 nitrogen and oxygen atoms in total. The molecule has 1 aromatic rings. The summed E-state index contributed by atoms with van der Waals surface area (Å²) in [5, 5.41) is 4.54. The third kappa shape index (κ3) is 4.08. The van der Waals surface area contributed by atoms with Crippen molar-refractivity contribution in [3.63, 3.8) is 0 Å². The molecule has 0 aromatic carbocycles. The number of hydrogen-bond donors (Lipinski definition) is 1. The fourth-order valence-electron chi connectivity index (χ4n) is 1.68. The fourth-order valence-corrected chi connectivity index (χ4v) is 2.38. The van der Waals surface area contributed by atoms with Crippen molar-refractivity contribution in [1.82, 2.24) is 15.3 Å². The van der Waals surface area contributed by atoms with Gasteiger partial charge in [0.15, 0.2) is 0 Å². The Kier molecular flexibility index (Phi) is 5.05. The van der Waals surface area contributed by atoms with E-state index in [1.807, 2.05) is 0 Å². The van der Waals surface area contributed by atoms with Crippen molar-refractivity contribution in [2.24, 2.45) is 0 Å². The van der Waals surface area contributed by atoms with Crippen molar-refractivity contribution < 1.29 is 4.74 Å². The summed E-state index contributed by atoms with van der Waals surface area (Å²) in [6, 6.07) is 0.635. The molecule has 0 atom stereocenters. The highest BCUT2D eigenvalue weighted by molar-refractivity contribution is 7.99. The number of hydrogen-bond acceptors (Lipinski definition) is 5. The Morgan fingerprint density at radius 1 is 1.38 bits per heavy atom. The molecule has 0 unspecified atom stereocenters. The Labute approximate surface area is 100 Å². The molecule has 16 heavy (non-hydrogen) atoms. The molecule has 1 saturated heterocycles. The van der Waals surface area contributed by atoms with Crippen LogP contribution in [0.3, 0.4) is 0 Å². The van der Waals surface area contributed by atoms with E-state index in [1.54, 1.807) is 30.4 Å². The maximum absolute atomic E-state index is 5.31. The molecule has 0 amide bonds. The molecule has 0 radical (unpaired) electrons. The minimum Gasteiger partial charge on any atom is -0.381 e. The number of thioether (sulfide) groups is 1. The lowest BCUT2D eigenvalue weighted by Crippen LogP contribution is -2.35. The molecular formula is C11H17N3OS. The van der Waals surface area contributed by atoms with Gasteiger partial charge in [0.05, 0.1) is 6.20 Å². The molecule has 1 N–H and O–H groups in total. The lowest BCUT2D eigenvalue weighted by atomic mass is 10.1. The lowest BCUT2D eigenvalue weighted by Gasteiger charge is -2.22. The van der Waals surface area contributed by atoms with Crippen LogP contribution in [0, 0.1) is 0 Å². The Morgan fingerprint density at radius 2 is 2.25 bits per heavy atom. The normalized spacial score (nSPS) is 17.5. The van der Waals surface area contributed by atoms with Crippen LogP contribution in [-0.2, 0) is 4.74 Å². The maximum atomic E-state index is 5.31. The van der Waals surface area contributed by atoms with Crippen LogP contribution in [0.1, 0.15) is 12.8 Å². The van der Waals surface area contributed by atoms with Crippen molar-refractivity contribution in [2.75, 3.05) is 25.5 Å². The van der Waals surface area contributed by atoms with E-state index >= 15 is 0 Å². The van der Waals surface area contributed by atoms with Crippen LogP contribution in [0.15, 0.2) is 23.6 Å². The number of ether oxygens (including phenoxy) is 1. The van der Waals surface area contributed by atoms with Gasteiger partial charge < -0.3 is 10.1 Å². The van der Waals surface area contributed by atoms with Gasteiger partial charge in [-0.3, -0.25) is 4.98 Å². The van der Waals surface area contributed by atoms with Gasteiger partial charge in [0.2, 0.25) is 0 Å². The van der Waals surface area contributed by atoms with E-state index < -0.39 is 0 Å². The number of nitrogens with one attached hydrogen (secondary N) is 1. The zero-order valence-corrected chi connectivity index (χ0v) is 10.1. The first kappa shape index (κ1) is 11.8. The summed E-state index contributed by atoms with van der Waals surface area (Å²) in [5.74, 6) is 1.04. The molecule has 0 aliphatic carbocycles. The van der Waals surface area contributed by atoms with Crippen molar-refractivity contribution in [3.8, 4) is 0 Å². The van der Waals surface area contributed by atoms with Crippen LogP contribution < -0.4 is 5.32 Å². The standard InChI is InChI=1S/C11H17N3OS/c1-6-15-7-2-10(1)13-5-8-16-11-9-12-3-4-14-11/h3-4,9-10,13H,1-2,5-8H2. The summed E-state index contributed by atoms with van der Waals surface area (Å²) in [4.78, 5) is 8.25. The van der Waals surface area contributed by atoms with Crippen LogP contribution >= 0.6 is 11.8 Å². The van der Waals surface area contributed by atoms with E-state index in [0.717, 1.165) is 43.4 Å². The molecule has 5 heteroatoms. The molecule has 88 valence electrons. The molecular weight excluding hydrogens is 222 g/mol. The average molecular weight is 239 g/mol. The SMILES string of the molecule is c1cnc(SCCNC2CCOCC2)cn1. The minimum absolute atomic E-state index is 0.635. The summed E-state index contributed by atoms with van der Waals surface area (Å²) in [6.07, 6.45) is 7.50. The highest BCUT2D eigenvalue weighted by atomic mass is 32.2. The van der Waals surface area contributed by atoms with Crippen LogP contribution in [0.2, 0.25) is 0 Å². The second-order valence-corrected chi connectivity index (χ2v) is 4.85. The molecule has 2 rings (SSSR count). The highest BCUT2D eigenvalue weighted by Crippen LogP contribution is 2.12. The first-order chi connectivity index (χ1) is 7.95. The fraction of sp³-hybridized carbons (Fsp3) is 0.636. The van der Waals surface area contributed by atoms with Gasteiger partial charge in [-0.2, -0.15) is 0 Å². The predicted molar refractivity (Wildman–Crippen MR) is 64.6 cm³/mol. The third-order valence-corrected chi connectivity index (χ3v) is 3.46. The molecule has 2 heterocycles. The van der Waals surface area contributed by atoms with Crippen molar-refractivity contribution >= 4 is 11.8 Å². The Morgan fingerprint density at radius 3 is 3.00 bits per heavy atom. The summed E-state index contributed by atoms with van der Waals surface area (Å²) in [7, 11) is 0. The van der Waals surface area contributed by atoms with Gasteiger partial charge in [0.25, 0.3) is 0 Å². The minimum atomic E-state index is 0.635. The summed E-state index contributed by atoms with van der Waals surface area (Å²) in [6.45, 7) is 2.82. The second kappa shape index (κ2) is 6.83. The van der Waals surface area contributed by atoms with Crippen molar-refractivity contribution in [2.45, 2.75) is 23.9 Å². The van der Waals surface area contributed by atoms with Gasteiger partial charge in [-0.25, -0.2) is 4.98 Å². The molecule has 1 aliphatic rings.